The average molecular weight is 264 g/mol. The molecule has 1 aromatic carbocycles. The lowest BCUT2D eigenvalue weighted by Gasteiger charge is -2.07. The van der Waals surface area contributed by atoms with E-state index in [4.69, 9.17) is 10.0 Å². The summed E-state index contributed by atoms with van der Waals surface area (Å²) >= 11 is 0. The molecule has 2 rings (SSSR count). The lowest BCUT2D eigenvalue weighted by Crippen LogP contribution is -2.32. The summed E-state index contributed by atoms with van der Waals surface area (Å²) in [5.41, 5.74) is -0.778. The summed E-state index contributed by atoms with van der Waals surface area (Å²) in [7, 11) is -1.79. The van der Waals surface area contributed by atoms with E-state index < -0.39 is 24.2 Å². The average Bonchev–Trinajstić information content (AvgIpc) is 2.32. The van der Waals surface area contributed by atoms with E-state index in [2.05, 4.69) is 4.98 Å². The molecule has 0 amide bonds. The Labute approximate surface area is 106 Å². The summed E-state index contributed by atoms with van der Waals surface area (Å²) in [6.45, 7) is 0.00704. The van der Waals surface area contributed by atoms with Crippen LogP contribution in [0.3, 0.4) is 0 Å². The third kappa shape index (κ3) is 3.18. The molecule has 0 radical (unpaired) electrons. The molecule has 2 aromatic rings. The summed E-state index contributed by atoms with van der Waals surface area (Å²) in [5.74, 6) is -0.641. The van der Waals surface area contributed by atoms with Crippen molar-refractivity contribution in [1.29, 1.82) is 0 Å². The Balaban J connectivity index is 2.38. The predicted molar refractivity (Wildman–Crippen MR) is 66.7 cm³/mol. The molecule has 0 aliphatic carbocycles. The van der Waals surface area contributed by atoms with Gasteiger partial charge in [-0.1, -0.05) is 6.07 Å². The van der Waals surface area contributed by atoms with Crippen molar-refractivity contribution >= 4 is 12.6 Å². The standard InChI is InChI=1S/C11H10BFN2O4/c13-9-4-7(3-8(5-9)12(18)19)6-15-2-1-10(16)14-11(15)17/h1-5,18-19H,6H2,(H,14,16,17). The summed E-state index contributed by atoms with van der Waals surface area (Å²) in [6.07, 6.45) is 1.28. The lowest BCUT2D eigenvalue weighted by molar-refractivity contribution is 0.425. The number of hydrogen-bond donors (Lipinski definition) is 3. The van der Waals surface area contributed by atoms with E-state index in [0.717, 1.165) is 6.07 Å². The molecule has 19 heavy (non-hydrogen) atoms. The minimum atomic E-state index is -1.79. The van der Waals surface area contributed by atoms with Gasteiger partial charge in [0.2, 0.25) is 0 Å². The van der Waals surface area contributed by atoms with E-state index >= 15 is 0 Å². The zero-order valence-electron chi connectivity index (χ0n) is 9.71. The molecule has 0 fully saturated rings. The number of hydrogen-bond acceptors (Lipinski definition) is 4. The number of aromatic amines is 1. The van der Waals surface area contributed by atoms with Crippen LogP contribution in [0.5, 0.6) is 0 Å². The van der Waals surface area contributed by atoms with Crippen molar-refractivity contribution in [3.8, 4) is 0 Å². The van der Waals surface area contributed by atoms with Gasteiger partial charge in [-0.2, -0.15) is 0 Å². The molecule has 3 N–H and O–H groups in total. The molecule has 0 saturated heterocycles. The molecule has 0 spiro atoms. The smallest absolute Gasteiger partial charge is 0.423 e. The Hall–Kier alpha value is -2.19. The number of halogens is 1. The molecule has 0 aliphatic rings. The minimum Gasteiger partial charge on any atom is -0.423 e. The summed E-state index contributed by atoms with van der Waals surface area (Å²) in [5, 5.41) is 18.0. The van der Waals surface area contributed by atoms with Crippen LogP contribution in [0.1, 0.15) is 5.56 Å². The van der Waals surface area contributed by atoms with Crippen LogP contribution >= 0.6 is 0 Å². The van der Waals surface area contributed by atoms with Crippen LogP contribution in [0, 0.1) is 5.82 Å². The minimum absolute atomic E-state index is 0.00697. The molecule has 0 atom stereocenters. The van der Waals surface area contributed by atoms with Gasteiger partial charge in [0.15, 0.2) is 0 Å². The number of aromatic nitrogens is 2. The number of rotatable bonds is 3. The maximum absolute atomic E-state index is 13.3. The van der Waals surface area contributed by atoms with E-state index in [1.165, 1.54) is 29.0 Å². The fraction of sp³-hybridized carbons (Fsp3) is 0.0909. The Morgan fingerprint density at radius 2 is 2.00 bits per heavy atom. The van der Waals surface area contributed by atoms with Crippen LogP contribution in [0.2, 0.25) is 0 Å². The molecule has 6 nitrogen and oxygen atoms in total. The topological polar surface area (TPSA) is 95.3 Å². The van der Waals surface area contributed by atoms with Crippen LogP contribution in [0.4, 0.5) is 4.39 Å². The van der Waals surface area contributed by atoms with Crippen molar-refractivity contribution in [3.63, 3.8) is 0 Å². The first kappa shape index (κ1) is 13.3. The molecule has 8 heteroatoms. The van der Waals surface area contributed by atoms with Gasteiger partial charge in [-0.3, -0.25) is 14.3 Å². The van der Waals surface area contributed by atoms with Crippen molar-refractivity contribution in [2.75, 3.05) is 0 Å². The maximum Gasteiger partial charge on any atom is 0.488 e. The summed E-state index contributed by atoms with van der Waals surface area (Å²) < 4.78 is 14.5. The van der Waals surface area contributed by atoms with Gasteiger partial charge in [0.25, 0.3) is 5.56 Å². The van der Waals surface area contributed by atoms with Gasteiger partial charge in [-0.15, -0.1) is 0 Å². The highest BCUT2D eigenvalue weighted by Crippen LogP contribution is 2.03. The number of H-pyrrole nitrogens is 1. The van der Waals surface area contributed by atoms with Crippen LogP contribution in [0.25, 0.3) is 0 Å². The number of nitrogens with one attached hydrogen (secondary N) is 1. The van der Waals surface area contributed by atoms with Gasteiger partial charge in [0, 0.05) is 12.3 Å². The molecule has 0 saturated carbocycles. The van der Waals surface area contributed by atoms with E-state index in [1.807, 2.05) is 0 Å². The highest BCUT2D eigenvalue weighted by atomic mass is 19.1. The van der Waals surface area contributed by atoms with Crippen molar-refractivity contribution in [3.05, 3.63) is 62.7 Å². The predicted octanol–water partition coefficient (Wildman–Crippen LogP) is -1.60. The maximum atomic E-state index is 13.3. The molecule has 98 valence electrons. The molecule has 1 aromatic heterocycles. The number of nitrogens with zero attached hydrogens (tertiary/aromatic N) is 1. The zero-order valence-corrected chi connectivity index (χ0v) is 9.71. The van der Waals surface area contributed by atoms with Crippen molar-refractivity contribution in [2.45, 2.75) is 6.54 Å². The number of benzene rings is 1. The monoisotopic (exact) mass is 264 g/mol. The SMILES string of the molecule is O=c1ccn(Cc2cc(F)cc(B(O)O)c2)c(=O)[nH]1. The van der Waals surface area contributed by atoms with Gasteiger partial charge < -0.3 is 10.0 Å². The van der Waals surface area contributed by atoms with E-state index in [-0.39, 0.29) is 12.0 Å². The molecule has 0 aliphatic heterocycles. The molecule has 0 unspecified atom stereocenters. The molecule has 1 heterocycles. The Bertz CT molecular complexity index is 710. The lowest BCUT2D eigenvalue weighted by atomic mass is 9.79. The summed E-state index contributed by atoms with van der Waals surface area (Å²) in [6, 6.07) is 4.70. The second-order valence-electron chi connectivity index (χ2n) is 4.00. The van der Waals surface area contributed by atoms with Gasteiger partial charge in [-0.05, 0) is 23.2 Å². The second-order valence-corrected chi connectivity index (χ2v) is 4.00. The van der Waals surface area contributed by atoms with E-state index in [1.54, 1.807) is 0 Å². The van der Waals surface area contributed by atoms with Gasteiger partial charge >= 0.3 is 12.8 Å². The van der Waals surface area contributed by atoms with Gasteiger partial charge in [-0.25, -0.2) is 9.18 Å². The van der Waals surface area contributed by atoms with Crippen LogP contribution < -0.4 is 16.7 Å². The van der Waals surface area contributed by atoms with Gasteiger partial charge in [0.1, 0.15) is 5.82 Å². The third-order valence-electron chi connectivity index (χ3n) is 2.53. The molecule has 0 bridgehead atoms. The summed E-state index contributed by atoms with van der Waals surface area (Å²) in [4.78, 5) is 24.4. The normalized spacial score (nSPS) is 10.5. The quantitative estimate of drug-likeness (QED) is 0.582. The van der Waals surface area contributed by atoms with Crippen molar-refractivity contribution in [2.24, 2.45) is 0 Å². The largest absolute Gasteiger partial charge is 0.488 e. The van der Waals surface area contributed by atoms with Crippen LogP contribution in [0.15, 0.2) is 40.1 Å². The molecular formula is C11H10BFN2O4. The second kappa shape index (κ2) is 5.21. The van der Waals surface area contributed by atoms with Crippen molar-refractivity contribution < 1.29 is 14.4 Å². The molecular weight excluding hydrogens is 254 g/mol. The Morgan fingerprint density at radius 3 is 2.63 bits per heavy atom. The highest BCUT2D eigenvalue weighted by molar-refractivity contribution is 6.58. The first-order valence-electron chi connectivity index (χ1n) is 5.41. The van der Waals surface area contributed by atoms with Crippen molar-refractivity contribution in [1.82, 2.24) is 9.55 Å². The zero-order chi connectivity index (χ0) is 14.0. The Kier molecular flexibility index (Phi) is 3.63. The van der Waals surface area contributed by atoms with Gasteiger partial charge in [0.05, 0.1) is 6.54 Å². The highest BCUT2D eigenvalue weighted by Gasteiger charge is 2.13. The van der Waals surface area contributed by atoms with E-state index in [9.17, 15) is 14.0 Å². The third-order valence-corrected chi connectivity index (χ3v) is 2.53. The first-order valence-corrected chi connectivity index (χ1v) is 5.41. The first-order chi connectivity index (χ1) is 8.95. The van der Waals surface area contributed by atoms with Crippen LogP contribution in [-0.4, -0.2) is 26.7 Å². The van der Waals surface area contributed by atoms with Crippen LogP contribution in [-0.2, 0) is 6.54 Å². The fourth-order valence-corrected chi connectivity index (χ4v) is 1.68. The Morgan fingerprint density at radius 1 is 1.26 bits per heavy atom. The fourth-order valence-electron chi connectivity index (χ4n) is 1.68. The van der Waals surface area contributed by atoms with E-state index in [0.29, 0.717) is 5.56 Å².